The van der Waals surface area contributed by atoms with Gasteiger partial charge >= 0.3 is 0 Å². The van der Waals surface area contributed by atoms with Crippen molar-refractivity contribution in [2.75, 3.05) is 16.9 Å². The van der Waals surface area contributed by atoms with E-state index in [1.54, 1.807) is 12.1 Å². The van der Waals surface area contributed by atoms with Gasteiger partial charge in [0.15, 0.2) is 27.2 Å². The number of anilines is 3. The summed E-state index contributed by atoms with van der Waals surface area (Å²) in [6, 6.07) is 6.03. The summed E-state index contributed by atoms with van der Waals surface area (Å²) in [5.74, 6) is -0.156. The highest BCUT2D eigenvalue weighted by molar-refractivity contribution is 7.90. The smallest absolute Gasteiger partial charge is 0.271 e. The van der Waals surface area contributed by atoms with E-state index in [-0.39, 0.29) is 22.4 Å². The van der Waals surface area contributed by atoms with E-state index in [4.69, 9.17) is 5.73 Å². The number of aliphatic hydroxyl groups excluding tert-OH is 1. The molecule has 0 radical (unpaired) electrons. The van der Waals surface area contributed by atoms with Crippen molar-refractivity contribution in [3.63, 3.8) is 0 Å². The first-order valence-corrected chi connectivity index (χ1v) is 11.8. The average Bonchev–Trinajstić information content (AvgIpc) is 2.69. The number of aryl methyl sites for hydroxylation is 1. The number of rotatable bonds is 7. The van der Waals surface area contributed by atoms with Gasteiger partial charge in [-0.3, -0.25) is 4.79 Å². The van der Waals surface area contributed by atoms with Gasteiger partial charge in [0.25, 0.3) is 5.91 Å². The molecule has 0 saturated heterocycles. The van der Waals surface area contributed by atoms with Crippen molar-refractivity contribution < 1.29 is 18.3 Å². The highest BCUT2D eigenvalue weighted by Crippen LogP contribution is 2.27. The largest absolute Gasteiger partial charge is 0.391 e. The Morgan fingerprint density at radius 1 is 1.23 bits per heavy atom. The quantitative estimate of drug-likeness (QED) is 0.518. The molecule has 1 aromatic heterocycles. The second kappa shape index (κ2) is 8.97. The molecule has 1 amide bonds. The van der Waals surface area contributed by atoms with Crippen molar-refractivity contribution in [2.45, 2.75) is 56.1 Å². The molecule has 1 aliphatic rings. The Morgan fingerprint density at radius 2 is 1.97 bits per heavy atom. The zero-order valence-corrected chi connectivity index (χ0v) is 17.9. The van der Waals surface area contributed by atoms with Crippen LogP contribution in [0.1, 0.15) is 48.8 Å². The number of primary amides is 1. The van der Waals surface area contributed by atoms with Crippen molar-refractivity contribution in [3.05, 3.63) is 35.7 Å². The molecule has 1 aromatic carbocycles. The molecular weight excluding hydrogens is 406 g/mol. The van der Waals surface area contributed by atoms with Gasteiger partial charge in [-0.15, -0.1) is 0 Å². The third-order valence-electron chi connectivity index (χ3n) is 5.11. The van der Waals surface area contributed by atoms with Gasteiger partial charge in [0.05, 0.1) is 22.7 Å². The van der Waals surface area contributed by atoms with Gasteiger partial charge in [-0.2, -0.15) is 0 Å². The van der Waals surface area contributed by atoms with Crippen molar-refractivity contribution in [1.29, 1.82) is 0 Å². The molecule has 2 aromatic rings. The molecule has 9 nitrogen and oxygen atoms in total. The van der Waals surface area contributed by atoms with E-state index in [1.165, 1.54) is 12.1 Å². The van der Waals surface area contributed by atoms with E-state index in [2.05, 4.69) is 20.6 Å². The summed E-state index contributed by atoms with van der Waals surface area (Å²) in [6.45, 7) is 1.89. The summed E-state index contributed by atoms with van der Waals surface area (Å²) in [4.78, 5) is 21.0. The standard InChI is InChI=1S/C20H27N5O4S/c1-3-14-19(24-15-9-4-5-10-16(15)26)25-20(17(23-14)18(21)27)22-12-7-6-8-13(11-12)30(2,28)29/h6-8,11,15-16,26H,3-5,9-10H2,1-2H3,(H2,21,27)(H2,22,24,25)/t15-,16-/m1/s1. The highest BCUT2D eigenvalue weighted by atomic mass is 32.2. The molecule has 3 rings (SSSR count). The lowest BCUT2D eigenvalue weighted by molar-refractivity contribution is 0.0995. The predicted molar refractivity (Wildman–Crippen MR) is 115 cm³/mol. The third-order valence-corrected chi connectivity index (χ3v) is 6.22. The number of sulfone groups is 1. The number of aliphatic hydroxyl groups is 1. The van der Waals surface area contributed by atoms with Crippen LogP contribution in [0.2, 0.25) is 0 Å². The Bertz CT molecular complexity index is 1040. The summed E-state index contributed by atoms with van der Waals surface area (Å²) in [7, 11) is -3.40. The number of nitrogens with one attached hydrogen (secondary N) is 2. The first-order valence-electron chi connectivity index (χ1n) is 9.91. The SMILES string of the molecule is CCc1nc(C(N)=O)c(Nc2cccc(S(C)(=O)=O)c2)nc1N[C@@H]1CCCC[C@H]1O. The molecule has 0 bridgehead atoms. The zero-order chi connectivity index (χ0) is 21.9. The van der Waals surface area contributed by atoms with Gasteiger partial charge in [0, 0.05) is 11.9 Å². The normalized spacial score (nSPS) is 19.3. The summed E-state index contributed by atoms with van der Waals surface area (Å²) >= 11 is 0. The van der Waals surface area contributed by atoms with Crippen molar-refractivity contribution in [2.24, 2.45) is 5.73 Å². The van der Waals surface area contributed by atoms with Gasteiger partial charge in [-0.25, -0.2) is 18.4 Å². The van der Waals surface area contributed by atoms with E-state index in [0.29, 0.717) is 23.6 Å². The summed E-state index contributed by atoms with van der Waals surface area (Å²) in [5, 5.41) is 16.5. The molecule has 10 heteroatoms. The molecule has 0 spiro atoms. The zero-order valence-electron chi connectivity index (χ0n) is 17.1. The molecule has 30 heavy (non-hydrogen) atoms. The summed E-state index contributed by atoms with van der Waals surface area (Å²) in [6.07, 6.45) is 4.67. The Labute approximate surface area is 176 Å². The maximum absolute atomic E-state index is 12.0. The lowest BCUT2D eigenvalue weighted by Crippen LogP contribution is -2.37. The summed E-state index contributed by atoms with van der Waals surface area (Å²) in [5.41, 5.74) is 6.47. The fraction of sp³-hybridized carbons (Fsp3) is 0.450. The van der Waals surface area contributed by atoms with Crippen LogP contribution >= 0.6 is 0 Å². The van der Waals surface area contributed by atoms with Gasteiger partial charge < -0.3 is 21.5 Å². The molecule has 1 aliphatic carbocycles. The number of carbonyl (C=O) groups excluding carboxylic acids is 1. The second-order valence-electron chi connectivity index (χ2n) is 7.46. The number of nitrogens with two attached hydrogens (primary N) is 1. The Hall–Kier alpha value is -2.72. The van der Waals surface area contributed by atoms with Crippen LogP contribution in [0.5, 0.6) is 0 Å². The van der Waals surface area contributed by atoms with E-state index in [1.807, 2.05) is 6.92 Å². The fourth-order valence-electron chi connectivity index (χ4n) is 3.49. The highest BCUT2D eigenvalue weighted by Gasteiger charge is 2.25. The predicted octanol–water partition coefficient (Wildman–Crippen LogP) is 2.00. The Balaban J connectivity index is 1.99. The van der Waals surface area contributed by atoms with E-state index < -0.39 is 21.8 Å². The fourth-order valence-corrected chi connectivity index (χ4v) is 4.15. The third kappa shape index (κ3) is 5.06. The molecule has 1 saturated carbocycles. The first kappa shape index (κ1) is 22.0. The van der Waals surface area contributed by atoms with Crippen LogP contribution in [0.15, 0.2) is 29.2 Å². The maximum Gasteiger partial charge on any atom is 0.271 e. The maximum atomic E-state index is 12.0. The van der Waals surface area contributed by atoms with Gasteiger partial charge in [0.2, 0.25) is 0 Å². The topological polar surface area (TPSA) is 147 Å². The minimum atomic E-state index is -3.40. The molecular formula is C20H27N5O4S. The minimum Gasteiger partial charge on any atom is -0.391 e. The number of hydrogen-bond donors (Lipinski definition) is 4. The second-order valence-corrected chi connectivity index (χ2v) is 9.48. The molecule has 0 unspecified atom stereocenters. The molecule has 1 fully saturated rings. The monoisotopic (exact) mass is 433 g/mol. The average molecular weight is 434 g/mol. The summed E-state index contributed by atoms with van der Waals surface area (Å²) < 4.78 is 23.7. The number of nitrogens with zero attached hydrogens (tertiary/aromatic N) is 2. The molecule has 162 valence electrons. The number of amides is 1. The van der Waals surface area contributed by atoms with Gasteiger partial charge in [-0.05, 0) is 37.5 Å². The minimum absolute atomic E-state index is 0.0358. The van der Waals surface area contributed by atoms with Crippen LogP contribution in [0.3, 0.4) is 0 Å². The first-order chi connectivity index (χ1) is 14.2. The van der Waals surface area contributed by atoms with E-state index in [9.17, 15) is 18.3 Å². The molecule has 2 atom stereocenters. The number of aromatic nitrogens is 2. The van der Waals surface area contributed by atoms with Crippen LogP contribution in [0.25, 0.3) is 0 Å². The van der Waals surface area contributed by atoms with Gasteiger partial charge in [0.1, 0.15) is 0 Å². The van der Waals surface area contributed by atoms with Crippen molar-refractivity contribution >= 4 is 33.1 Å². The van der Waals surface area contributed by atoms with Crippen LogP contribution in [-0.4, -0.2) is 47.8 Å². The van der Waals surface area contributed by atoms with Crippen LogP contribution in [-0.2, 0) is 16.3 Å². The Morgan fingerprint density at radius 3 is 2.60 bits per heavy atom. The Kier molecular flexibility index (Phi) is 6.57. The number of carbonyl (C=O) groups is 1. The van der Waals surface area contributed by atoms with Crippen LogP contribution in [0, 0.1) is 0 Å². The molecule has 5 N–H and O–H groups in total. The van der Waals surface area contributed by atoms with E-state index >= 15 is 0 Å². The number of benzene rings is 1. The molecule has 0 aliphatic heterocycles. The van der Waals surface area contributed by atoms with E-state index in [0.717, 1.165) is 31.9 Å². The van der Waals surface area contributed by atoms with Crippen molar-refractivity contribution in [3.8, 4) is 0 Å². The van der Waals surface area contributed by atoms with Crippen LogP contribution < -0.4 is 16.4 Å². The van der Waals surface area contributed by atoms with Crippen molar-refractivity contribution in [1.82, 2.24) is 9.97 Å². The van der Waals surface area contributed by atoms with Gasteiger partial charge in [-0.1, -0.05) is 25.8 Å². The molecule has 1 heterocycles. The number of hydrogen-bond acceptors (Lipinski definition) is 8. The lowest BCUT2D eigenvalue weighted by Gasteiger charge is -2.29. The van der Waals surface area contributed by atoms with Crippen LogP contribution in [0.4, 0.5) is 17.3 Å². The lowest BCUT2D eigenvalue weighted by atomic mass is 9.92.